The Bertz CT molecular complexity index is 1020. The van der Waals surface area contributed by atoms with Crippen molar-refractivity contribution < 1.29 is 9.32 Å². The van der Waals surface area contributed by atoms with Crippen LogP contribution in [0, 0.1) is 0 Å². The fraction of sp³-hybridized carbons (Fsp3) is 0.263. The van der Waals surface area contributed by atoms with E-state index in [0.29, 0.717) is 25.3 Å². The Morgan fingerprint density at radius 3 is 2.93 bits per heavy atom. The van der Waals surface area contributed by atoms with Gasteiger partial charge in [-0.1, -0.05) is 30.3 Å². The third kappa shape index (κ3) is 3.33. The Labute approximate surface area is 155 Å². The number of aromatic amines is 1. The average molecular weight is 365 g/mol. The van der Waals surface area contributed by atoms with E-state index in [0.717, 1.165) is 23.4 Å². The first-order valence-corrected chi connectivity index (χ1v) is 8.83. The van der Waals surface area contributed by atoms with Crippen LogP contribution in [0.25, 0.3) is 0 Å². The lowest BCUT2D eigenvalue weighted by molar-refractivity contribution is 0.0722. The van der Waals surface area contributed by atoms with Crippen LogP contribution in [0.2, 0.25) is 0 Å². The van der Waals surface area contributed by atoms with Crippen LogP contribution < -0.4 is 10.9 Å². The maximum Gasteiger partial charge on any atom is 0.274 e. The summed E-state index contributed by atoms with van der Waals surface area (Å²) in [5, 5.41) is 13.6. The van der Waals surface area contributed by atoms with Gasteiger partial charge in [0.05, 0.1) is 12.1 Å². The summed E-state index contributed by atoms with van der Waals surface area (Å²) in [7, 11) is 0. The second-order valence-corrected chi connectivity index (χ2v) is 6.35. The third-order valence-corrected chi connectivity index (χ3v) is 4.66. The van der Waals surface area contributed by atoms with E-state index < -0.39 is 0 Å². The van der Waals surface area contributed by atoms with Gasteiger partial charge in [0.15, 0.2) is 5.82 Å². The molecule has 3 aromatic rings. The molecule has 138 valence electrons. The van der Waals surface area contributed by atoms with Gasteiger partial charge >= 0.3 is 0 Å². The van der Waals surface area contributed by atoms with Gasteiger partial charge < -0.3 is 14.7 Å². The first-order valence-electron chi connectivity index (χ1n) is 8.83. The number of nitrogens with zero attached hydrogens (tertiary/aromatic N) is 3. The van der Waals surface area contributed by atoms with Gasteiger partial charge in [0.25, 0.3) is 11.5 Å². The maximum absolute atomic E-state index is 12.7. The van der Waals surface area contributed by atoms with Crippen LogP contribution in [-0.4, -0.2) is 32.7 Å². The summed E-state index contributed by atoms with van der Waals surface area (Å²) in [4.78, 5) is 25.5. The van der Waals surface area contributed by atoms with Gasteiger partial charge in [-0.05, 0) is 24.1 Å². The van der Waals surface area contributed by atoms with E-state index in [4.69, 9.17) is 4.52 Å². The molecule has 3 heterocycles. The largest absolute Gasteiger partial charge is 0.359 e. The first kappa shape index (κ1) is 17.0. The minimum Gasteiger partial charge on any atom is -0.359 e. The molecule has 0 fully saturated rings. The highest BCUT2D eigenvalue weighted by Gasteiger charge is 2.28. The van der Waals surface area contributed by atoms with Crippen LogP contribution >= 0.6 is 0 Å². The number of anilines is 2. The van der Waals surface area contributed by atoms with Gasteiger partial charge in [-0.15, -0.1) is 0 Å². The molecule has 27 heavy (non-hydrogen) atoms. The van der Waals surface area contributed by atoms with E-state index in [1.807, 2.05) is 18.2 Å². The zero-order valence-electron chi connectivity index (χ0n) is 14.9. The number of amides is 1. The Hall–Kier alpha value is -3.42. The minimum atomic E-state index is -0.340. The number of para-hydroxylation sites is 1. The van der Waals surface area contributed by atoms with Crippen LogP contribution in [0.15, 0.2) is 45.7 Å². The molecule has 2 aromatic heterocycles. The van der Waals surface area contributed by atoms with E-state index >= 15 is 0 Å². The number of benzene rings is 1. The fourth-order valence-electron chi connectivity index (χ4n) is 3.18. The molecule has 8 nitrogen and oxygen atoms in total. The van der Waals surface area contributed by atoms with Crippen LogP contribution in [-0.2, 0) is 19.4 Å². The lowest BCUT2D eigenvalue weighted by atomic mass is 10.1. The summed E-state index contributed by atoms with van der Waals surface area (Å²) in [6, 6.07) is 10.7. The monoisotopic (exact) mass is 365 g/mol. The molecule has 0 saturated carbocycles. The SMILES string of the molecule is CCc1ccccc1Nc1noc2c1CN(C(=O)c1ccc(=O)[nH]n1)CC2. The topological polar surface area (TPSA) is 104 Å². The molecule has 0 bridgehead atoms. The molecule has 2 N–H and O–H groups in total. The molecule has 1 amide bonds. The zero-order chi connectivity index (χ0) is 18.8. The van der Waals surface area contributed by atoms with Gasteiger partial charge in [0.1, 0.15) is 11.5 Å². The van der Waals surface area contributed by atoms with Gasteiger partial charge in [-0.3, -0.25) is 9.59 Å². The quantitative estimate of drug-likeness (QED) is 0.735. The molecule has 0 radical (unpaired) electrons. The van der Waals surface area contributed by atoms with E-state index in [1.54, 1.807) is 4.90 Å². The summed E-state index contributed by atoms with van der Waals surface area (Å²) >= 11 is 0. The summed E-state index contributed by atoms with van der Waals surface area (Å²) in [6.07, 6.45) is 1.47. The Kier molecular flexibility index (Phi) is 4.45. The molecule has 1 aromatic carbocycles. The molecule has 0 spiro atoms. The van der Waals surface area contributed by atoms with Crippen LogP contribution in [0.5, 0.6) is 0 Å². The van der Waals surface area contributed by atoms with Gasteiger partial charge in [0, 0.05) is 24.7 Å². The Morgan fingerprint density at radius 2 is 2.15 bits per heavy atom. The maximum atomic E-state index is 12.7. The van der Waals surface area contributed by atoms with E-state index in [1.165, 1.54) is 17.7 Å². The van der Waals surface area contributed by atoms with Crippen LogP contribution in [0.3, 0.4) is 0 Å². The number of rotatable bonds is 4. The van der Waals surface area contributed by atoms with Crippen molar-refractivity contribution in [3.63, 3.8) is 0 Å². The fourth-order valence-corrected chi connectivity index (χ4v) is 3.18. The second kappa shape index (κ2) is 7.06. The summed E-state index contributed by atoms with van der Waals surface area (Å²) < 4.78 is 5.47. The summed E-state index contributed by atoms with van der Waals surface area (Å²) in [5.74, 6) is 1.17. The smallest absolute Gasteiger partial charge is 0.274 e. The molecule has 4 rings (SSSR count). The minimum absolute atomic E-state index is 0.209. The van der Waals surface area contributed by atoms with Gasteiger partial charge in [0.2, 0.25) is 0 Å². The number of aromatic nitrogens is 3. The molecule has 8 heteroatoms. The first-order chi connectivity index (χ1) is 13.2. The van der Waals surface area contributed by atoms with Gasteiger partial charge in [-0.25, -0.2) is 5.10 Å². The van der Waals surface area contributed by atoms with E-state index in [9.17, 15) is 9.59 Å². The van der Waals surface area contributed by atoms with Crippen LogP contribution in [0.4, 0.5) is 11.5 Å². The number of H-pyrrole nitrogens is 1. The predicted molar refractivity (Wildman–Crippen MR) is 98.9 cm³/mol. The number of aryl methyl sites for hydroxylation is 1. The number of carbonyl (C=O) groups is 1. The molecule has 1 aliphatic rings. The number of nitrogens with one attached hydrogen (secondary N) is 2. The summed E-state index contributed by atoms with van der Waals surface area (Å²) in [5.41, 5.74) is 2.88. The Balaban J connectivity index is 1.57. The van der Waals surface area contributed by atoms with Crippen molar-refractivity contribution in [3.05, 3.63) is 69.3 Å². The molecule has 0 unspecified atom stereocenters. The number of carbonyl (C=O) groups excluding carboxylic acids is 1. The molecule has 0 aliphatic carbocycles. The standard InChI is InChI=1S/C19H19N5O3/c1-2-12-5-3-4-6-14(12)20-18-13-11-24(10-9-16(13)27-23-18)19(26)15-7-8-17(25)22-21-15/h3-8H,2,9-11H2,1H3,(H,20,23)(H,22,25). The molecule has 1 aliphatic heterocycles. The molecule has 0 atom stereocenters. The highest BCUT2D eigenvalue weighted by atomic mass is 16.5. The van der Waals surface area contributed by atoms with Gasteiger partial charge in [-0.2, -0.15) is 5.10 Å². The van der Waals surface area contributed by atoms with E-state index in [2.05, 4.69) is 33.7 Å². The number of hydrogen-bond donors (Lipinski definition) is 2. The lowest BCUT2D eigenvalue weighted by Gasteiger charge is -2.25. The average Bonchev–Trinajstić information content (AvgIpc) is 3.10. The number of hydrogen-bond acceptors (Lipinski definition) is 6. The normalized spacial score (nSPS) is 13.3. The second-order valence-electron chi connectivity index (χ2n) is 6.35. The molecular weight excluding hydrogens is 346 g/mol. The third-order valence-electron chi connectivity index (χ3n) is 4.66. The van der Waals surface area contributed by atoms with Crippen LogP contribution in [0.1, 0.15) is 34.3 Å². The predicted octanol–water partition coefficient (Wildman–Crippen LogP) is 2.26. The van der Waals surface area contributed by atoms with Crippen molar-refractivity contribution in [1.29, 1.82) is 0 Å². The number of fused-ring (bicyclic) bond motifs is 1. The highest BCUT2D eigenvalue weighted by molar-refractivity contribution is 5.92. The van der Waals surface area contributed by atoms with Crippen molar-refractivity contribution >= 4 is 17.4 Å². The summed E-state index contributed by atoms with van der Waals surface area (Å²) in [6.45, 7) is 2.97. The van der Waals surface area contributed by atoms with Crippen molar-refractivity contribution in [2.24, 2.45) is 0 Å². The van der Waals surface area contributed by atoms with Crippen molar-refractivity contribution in [2.75, 3.05) is 11.9 Å². The molecular formula is C19H19N5O3. The van der Waals surface area contributed by atoms with Crippen molar-refractivity contribution in [2.45, 2.75) is 26.3 Å². The highest BCUT2D eigenvalue weighted by Crippen LogP contribution is 2.30. The molecule has 0 saturated heterocycles. The van der Waals surface area contributed by atoms with E-state index in [-0.39, 0.29) is 17.2 Å². The Morgan fingerprint density at radius 1 is 1.30 bits per heavy atom. The zero-order valence-corrected chi connectivity index (χ0v) is 14.9. The lowest BCUT2D eigenvalue weighted by Crippen LogP contribution is -2.36. The van der Waals surface area contributed by atoms with Crippen molar-refractivity contribution in [3.8, 4) is 0 Å². The van der Waals surface area contributed by atoms with Crippen molar-refractivity contribution in [1.82, 2.24) is 20.3 Å².